The number of nitrogens with zero attached hydrogens (tertiary/aromatic N) is 2. The number of hydrogen-bond donors (Lipinski definition) is 2. The Morgan fingerprint density at radius 3 is 2.69 bits per heavy atom. The number of aryl methyl sites for hydroxylation is 2. The third kappa shape index (κ3) is 4.69. The predicted octanol–water partition coefficient (Wildman–Crippen LogP) is 4.56. The number of anilines is 1. The molecule has 0 saturated heterocycles. The van der Waals surface area contributed by atoms with Crippen LogP contribution < -0.4 is 20.9 Å². The van der Waals surface area contributed by atoms with Crippen LogP contribution in [0.2, 0.25) is 10.0 Å². The first kappa shape index (κ1) is 24.9. The number of carbonyl (C=O) groups is 1. The normalized spacial score (nSPS) is 17.3. The fourth-order valence-electron chi connectivity index (χ4n) is 4.64. The summed E-state index contributed by atoms with van der Waals surface area (Å²) in [6.07, 6.45) is 10.2. The Morgan fingerprint density at radius 2 is 2.00 bits per heavy atom. The van der Waals surface area contributed by atoms with Crippen LogP contribution >= 0.6 is 23.2 Å². The SMILES string of the molecule is C#CC(=O)N[C@H]1CCC[C@H]1Nc1cc2c(cn1)cc(-c1c(Cl)c(CC)cc(OC)c1Cl)c(=O)n2C. The maximum absolute atomic E-state index is 13.4. The van der Waals surface area contributed by atoms with Gasteiger partial charge < -0.3 is 19.9 Å². The number of rotatable bonds is 6. The van der Waals surface area contributed by atoms with Crippen molar-refractivity contribution in [2.75, 3.05) is 12.4 Å². The molecule has 1 aromatic carbocycles. The quantitative estimate of drug-likeness (QED) is 0.472. The maximum atomic E-state index is 13.4. The third-order valence-electron chi connectivity index (χ3n) is 6.52. The van der Waals surface area contributed by atoms with Gasteiger partial charge in [-0.2, -0.15) is 0 Å². The zero-order valence-corrected chi connectivity index (χ0v) is 21.3. The molecule has 7 nitrogen and oxygen atoms in total. The molecule has 1 aliphatic carbocycles. The molecular formula is C26H26Cl2N4O3. The zero-order chi connectivity index (χ0) is 25.3. The van der Waals surface area contributed by atoms with Crippen molar-refractivity contribution in [1.29, 1.82) is 0 Å². The van der Waals surface area contributed by atoms with E-state index in [1.165, 1.54) is 7.11 Å². The average Bonchev–Trinajstić information content (AvgIpc) is 3.28. The van der Waals surface area contributed by atoms with Gasteiger partial charge in [0.05, 0.1) is 28.2 Å². The summed E-state index contributed by atoms with van der Waals surface area (Å²) < 4.78 is 6.98. The summed E-state index contributed by atoms with van der Waals surface area (Å²) in [5.74, 6) is 2.74. The van der Waals surface area contributed by atoms with Gasteiger partial charge in [-0.1, -0.05) is 30.1 Å². The van der Waals surface area contributed by atoms with E-state index in [0.29, 0.717) is 44.7 Å². The number of fused-ring (bicyclic) bond motifs is 1. The number of pyridine rings is 2. The Bertz CT molecular complexity index is 1380. The van der Waals surface area contributed by atoms with E-state index in [0.717, 1.165) is 30.2 Å². The Morgan fingerprint density at radius 1 is 1.26 bits per heavy atom. The van der Waals surface area contributed by atoms with E-state index >= 15 is 0 Å². The molecule has 4 rings (SSSR count). The highest BCUT2D eigenvalue weighted by molar-refractivity contribution is 6.40. The molecule has 1 aliphatic rings. The number of hydrogen-bond acceptors (Lipinski definition) is 5. The first-order valence-electron chi connectivity index (χ1n) is 11.4. The molecule has 182 valence electrons. The maximum Gasteiger partial charge on any atom is 0.295 e. The summed E-state index contributed by atoms with van der Waals surface area (Å²) in [6, 6.07) is 5.29. The summed E-state index contributed by atoms with van der Waals surface area (Å²) in [7, 11) is 3.23. The van der Waals surface area contributed by atoms with Crippen LogP contribution in [0.3, 0.4) is 0 Å². The smallest absolute Gasteiger partial charge is 0.295 e. The molecule has 9 heteroatoms. The second kappa shape index (κ2) is 10.2. The highest BCUT2D eigenvalue weighted by atomic mass is 35.5. The van der Waals surface area contributed by atoms with Crippen molar-refractivity contribution in [2.45, 2.75) is 44.7 Å². The van der Waals surface area contributed by atoms with Crippen LogP contribution in [-0.2, 0) is 18.3 Å². The number of amides is 1. The van der Waals surface area contributed by atoms with Crippen molar-refractivity contribution in [3.63, 3.8) is 0 Å². The third-order valence-corrected chi connectivity index (χ3v) is 7.32. The monoisotopic (exact) mass is 512 g/mol. The molecule has 1 fully saturated rings. The van der Waals surface area contributed by atoms with E-state index in [1.54, 1.807) is 29.9 Å². The molecule has 35 heavy (non-hydrogen) atoms. The Balaban J connectivity index is 1.75. The van der Waals surface area contributed by atoms with Gasteiger partial charge in [0.15, 0.2) is 0 Å². The summed E-state index contributed by atoms with van der Waals surface area (Å²) >= 11 is 13.3. The Labute approximate surface area is 213 Å². The molecule has 1 saturated carbocycles. The molecule has 0 aliphatic heterocycles. The van der Waals surface area contributed by atoms with Crippen molar-refractivity contribution in [3.8, 4) is 29.2 Å². The van der Waals surface area contributed by atoms with Gasteiger partial charge in [-0.25, -0.2) is 4.98 Å². The van der Waals surface area contributed by atoms with Crippen LogP contribution in [0.15, 0.2) is 29.2 Å². The molecule has 0 bridgehead atoms. The van der Waals surface area contributed by atoms with Gasteiger partial charge in [0.2, 0.25) is 0 Å². The van der Waals surface area contributed by atoms with Crippen molar-refractivity contribution in [2.24, 2.45) is 7.05 Å². The van der Waals surface area contributed by atoms with Crippen molar-refractivity contribution in [1.82, 2.24) is 14.9 Å². The van der Waals surface area contributed by atoms with E-state index in [1.807, 2.05) is 13.0 Å². The number of aromatic nitrogens is 2. The fourth-order valence-corrected chi connectivity index (χ4v) is 5.40. The average molecular weight is 513 g/mol. The van der Waals surface area contributed by atoms with Gasteiger partial charge in [-0.05, 0) is 49.3 Å². The lowest BCUT2D eigenvalue weighted by molar-refractivity contribution is -0.116. The predicted molar refractivity (Wildman–Crippen MR) is 140 cm³/mol. The first-order valence-corrected chi connectivity index (χ1v) is 12.1. The van der Waals surface area contributed by atoms with Crippen LogP contribution in [0.5, 0.6) is 5.75 Å². The van der Waals surface area contributed by atoms with Crippen LogP contribution in [0.1, 0.15) is 31.7 Å². The minimum absolute atomic E-state index is 0.00425. The topological polar surface area (TPSA) is 85.2 Å². The van der Waals surface area contributed by atoms with Gasteiger partial charge in [0.1, 0.15) is 11.6 Å². The van der Waals surface area contributed by atoms with Gasteiger partial charge in [-0.3, -0.25) is 9.59 Å². The van der Waals surface area contributed by atoms with Crippen molar-refractivity contribution < 1.29 is 9.53 Å². The number of carbonyl (C=O) groups excluding carboxylic acids is 1. The second-order valence-electron chi connectivity index (χ2n) is 8.55. The van der Waals surface area contributed by atoms with E-state index in [2.05, 4.69) is 21.5 Å². The molecule has 2 atom stereocenters. The minimum atomic E-state index is -0.425. The Hall–Kier alpha value is -3.21. The van der Waals surface area contributed by atoms with Crippen LogP contribution in [0.25, 0.3) is 22.0 Å². The van der Waals surface area contributed by atoms with Crippen LogP contribution in [-0.4, -0.2) is 34.7 Å². The number of methoxy groups -OCH3 is 1. The summed E-state index contributed by atoms with van der Waals surface area (Å²) in [4.78, 5) is 29.6. The first-order chi connectivity index (χ1) is 16.8. The van der Waals surface area contributed by atoms with Gasteiger partial charge in [0.25, 0.3) is 11.5 Å². The van der Waals surface area contributed by atoms with E-state index in [4.69, 9.17) is 34.4 Å². The number of benzene rings is 1. The molecule has 3 aromatic rings. The van der Waals surface area contributed by atoms with Gasteiger partial charge >= 0.3 is 0 Å². The number of nitrogens with one attached hydrogen (secondary N) is 2. The van der Waals surface area contributed by atoms with E-state index in [-0.39, 0.29) is 17.6 Å². The Kier molecular flexibility index (Phi) is 7.25. The number of terminal acetylenes is 1. The molecule has 0 spiro atoms. The summed E-state index contributed by atoms with van der Waals surface area (Å²) in [5, 5.41) is 7.72. The lowest BCUT2D eigenvalue weighted by Crippen LogP contribution is -2.42. The van der Waals surface area contributed by atoms with E-state index in [9.17, 15) is 9.59 Å². The van der Waals surface area contributed by atoms with Crippen molar-refractivity contribution >= 4 is 45.8 Å². The van der Waals surface area contributed by atoms with Crippen LogP contribution in [0.4, 0.5) is 5.82 Å². The zero-order valence-electron chi connectivity index (χ0n) is 19.7. The number of halogens is 2. The molecular weight excluding hydrogens is 487 g/mol. The second-order valence-corrected chi connectivity index (χ2v) is 9.31. The van der Waals surface area contributed by atoms with Crippen LogP contribution in [0, 0.1) is 12.3 Å². The fraction of sp³-hybridized carbons (Fsp3) is 0.346. The molecule has 2 N–H and O–H groups in total. The highest BCUT2D eigenvalue weighted by Crippen LogP contribution is 2.42. The van der Waals surface area contributed by atoms with E-state index < -0.39 is 5.91 Å². The standard InChI is InChI=1S/C26H26Cl2N4O3/c1-5-14-11-20(35-4)25(28)23(24(14)27)16-10-15-13-29-21(12-19(15)32(3)26(16)34)30-17-8-7-9-18(17)31-22(33)6-2/h2,10-13,17-18H,5,7-9H2,1,3-4H3,(H,29,30)(H,31,33)/t17-,18+/m1/s1. The highest BCUT2D eigenvalue weighted by Gasteiger charge is 2.28. The molecule has 2 heterocycles. The number of ether oxygens (including phenoxy) is 1. The molecule has 2 aromatic heterocycles. The largest absolute Gasteiger partial charge is 0.495 e. The lowest BCUT2D eigenvalue weighted by atomic mass is 10.0. The van der Waals surface area contributed by atoms with Gasteiger partial charge in [-0.15, -0.1) is 6.42 Å². The summed E-state index contributed by atoms with van der Waals surface area (Å²) in [6.45, 7) is 1.97. The van der Waals surface area contributed by atoms with Crippen molar-refractivity contribution in [3.05, 3.63) is 50.4 Å². The molecule has 0 radical (unpaired) electrons. The minimum Gasteiger partial charge on any atom is -0.495 e. The lowest BCUT2D eigenvalue weighted by Gasteiger charge is -2.22. The molecule has 0 unspecified atom stereocenters. The van der Waals surface area contributed by atoms with Gasteiger partial charge in [0, 0.05) is 42.3 Å². The summed E-state index contributed by atoms with van der Waals surface area (Å²) in [5.41, 5.74) is 2.12. The molecule has 1 amide bonds.